The van der Waals surface area contributed by atoms with Crippen molar-refractivity contribution in [2.45, 2.75) is 38.3 Å². The highest BCUT2D eigenvalue weighted by molar-refractivity contribution is 5.94. The van der Waals surface area contributed by atoms with E-state index in [4.69, 9.17) is 14.7 Å². The molecular weight excluding hydrogens is 366 g/mol. The molecule has 0 aromatic heterocycles. The summed E-state index contributed by atoms with van der Waals surface area (Å²) in [6.45, 7) is 4.13. The second-order valence-electron chi connectivity index (χ2n) is 7.51. The van der Waals surface area contributed by atoms with Gasteiger partial charge in [-0.1, -0.05) is 12.1 Å². The van der Waals surface area contributed by atoms with E-state index >= 15 is 0 Å². The lowest BCUT2D eigenvalue weighted by Gasteiger charge is -2.30. The summed E-state index contributed by atoms with van der Waals surface area (Å²) >= 11 is 0. The van der Waals surface area contributed by atoms with Gasteiger partial charge in [0.1, 0.15) is 0 Å². The van der Waals surface area contributed by atoms with E-state index in [-0.39, 0.29) is 18.0 Å². The zero-order valence-corrected chi connectivity index (χ0v) is 16.6. The summed E-state index contributed by atoms with van der Waals surface area (Å²) in [5, 5.41) is 12.0. The van der Waals surface area contributed by atoms with Gasteiger partial charge in [-0.05, 0) is 62.2 Å². The van der Waals surface area contributed by atoms with Gasteiger partial charge in [0.2, 0.25) is 5.91 Å². The van der Waals surface area contributed by atoms with Crippen molar-refractivity contribution in [3.8, 4) is 17.6 Å². The van der Waals surface area contributed by atoms with Gasteiger partial charge >= 0.3 is 0 Å². The van der Waals surface area contributed by atoms with Crippen LogP contribution in [0, 0.1) is 11.3 Å². The summed E-state index contributed by atoms with van der Waals surface area (Å²) in [4.78, 5) is 15.1. The van der Waals surface area contributed by atoms with Gasteiger partial charge in [-0.15, -0.1) is 0 Å². The molecule has 0 spiro atoms. The van der Waals surface area contributed by atoms with Crippen molar-refractivity contribution in [2.75, 3.05) is 25.1 Å². The van der Waals surface area contributed by atoms with Crippen LogP contribution in [-0.4, -0.2) is 36.6 Å². The molecule has 1 saturated heterocycles. The van der Waals surface area contributed by atoms with E-state index in [2.05, 4.69) is 28.4 Å². The molecule has 1 fully saturated rings. The molecule has 1 amide bonds. The summed E-state index contributed by atoms with van der Waals surface area (Å²) in [7, 11) is 0. The van der Waals surface area contributed by atoms with Crippen molar-refractivity contribution in [3.05, 3.63) is 53.6 Å². The molecule has 6 heteroatoms. The van der Waals surface area contributed by atoms with Gasteiger partial charge in [0.05, 0.1) is 30.9 Å². The molecule has 2 aliphatic heterocycles. The molecule has 0 saturated carbocycles. The van der Waals surface area contributed by atoms with Crippen molar-refractivity contribution in [2.24, 2.45) is 0 Å². The Morgan fingerprint density at radius 2 is 2.00 bits per heavy atom. The number of anilines is 1. The second-order valence-corrected chi connectivity index (χ2v) is 7.51. The van der Waals surface area contributed by atoms with E-state index < -0.39 is 0 Å². The Kier molecular flexibility index (Phi) is 5.68. The largest absolute Gasteiger partial charge is 0.490 e. The molecule has 4 rings (SSSR count). The molecule has 150 valence electrons. The zero-order valence-electron chi connectivity index (χ0n) is 16.6. The predicted molar refractivity (Wildman–Crippen MR) is 110 cm³/mol. The second kappa shape index (κ2) is 8.54. The van der Waals surface area contributed by atoms with Crippen LogP contribution in [0.2, 0.25) is 0 Å². The lowest BCUT2D eigenvalue weighted by molar-refractivity contribution is -0.121. The Morgan fingerprint density at radius 3 is 2.83 bits per heavy atom. The number of fused-ring (bicyclic) bond motifs is 1. The molecule has 2 heterocycles. The van der Waals surface area contributed by atoms with Gasteiger partial charge < -0.3 is 14.8 Å². The molecule has 6 nitrogen and oxygen atoms in total. The van der Waals surface area contributed by atoms with E-state index in [9.17, 15) is 4.79 Å². The van der Waals surface area contributed by atoms with E-state index in [0.29, 0.717) is 24.5 Å². The molecule has 2 atom stereocenters. The molecule has 0 unspecified atom stereocenters. The first-order valence-corrected chi connectivity index (χ1v) is 10.1. The van der Waals surface area contributed by atoms with Crippen LogP contribution in [0.25, 0.3) is 0 Å². The highest BCUT2D eigenvalue weighted by Gasteiger charge is 2.33. The molecule has 0 radical (unpaired) electrons. The number of hydrogen-bond acceptors (Lipinski definition) is 5. The Labute approximate surface area is 171 Å². The summed E-state index contributed by atoms with van der Waals surface area (Å²) < 4.78 is 11.6. The van der Waals surface area contributed by atoms with Crippen LogP contribution in [-0.2, 0) is 4.79 Å². The zero-order chi connectivity index (χ0) is 20.2. The summed E-state index contributed by atoms with van der Waals surface area (Å²) in [5.74, 6) is 1.51. The lowest BCUT2D eigenvalue weighted by Crippen LogP contribution is -2.41. The van der Waals surface area contributed by atoms with Gasteiger partial charge in [-0.25, -0.2) is 0 Å². The molecule has 0 aliphatic carbocycles. The number of benzene rings is 2. The van der Waals surface area contributed by atoms with Crippen LogP contribution >= 0.6 is 0 Å². The van der Waals surface area contributed by atoms with Gasteiger partial charge in [-0.3, -0.25) is 9.69 Å². The Hall–Kier alpha value is -3.04. The number of likely N-dealkylation sites (tertiary alicyclic amines) is 1. The van der Waals surface area contributed by atoms with Crippen molar-refractivity contribution in [3.63, 3.8) is 0 Å². The quantitative estimate of drug-likeness (QED) is 0.856. The third-order valence-electron chi connectivity index (χ3n) is 5.59. The number of rotatable bonds is 4. The van der Waals surface area contributed by atoms with Crippen molar-refractivity contribution in [1.29, 1.82) is 5.26 Å². The van der Waals surface area contributed by atoms with Gasteiger partial charge in [0, 0.05) is 18.2 Å². The highest BCUT2D eigenvalue weighted by atomic mass is 16.5. The highest BCUT2D eigenvalue weighted by Crippen LogP contribution is 2.38. The maximum absolute atomic E-state index is 12.9. The number of nitrogens with zero attached hydrogens (tertiary/aromatic N) is 2. The minimum absolute atomic E-state index is 0.0682. The normalized spacial score (nSPS) is 19.8. The van der Waals surface area contributed by atoms with Crippen LogP contribution in [0.15, 0.2) is 42.5 Å². The van der Waals surface area contributed by atoms with Gasteiger partial charge in [0.25, 0.3) is 0 Å². The molecule has 2 aromatic rings. The first-order chi connectivity index (χ1) is 14.2. The number of nitrogens with one attached hydrogen (secondary N) is 1. The third-order valence-corrected chi connectivity index (χ3v) is 5.59. The SMILES string of the molecule is C[C@H](C(=O)Nc1cccc(C#N)c1)N1CCC[C@@H]1c1ccc2c(c1)OCCCO2. The number of nitriles is 1. The van der Waals surface area contributed by atoms with Crippen molar-refractivity contribution >= 4 is 11.6 Å². The summed E-state index contributed by atoms with van der Waals surface area (Å²) in [6, 6.07) is 15.1. The molecular formula is C23H25N3O3. The Bertz CT molecular complexity index is 937. The predicted octanol–water partition coefficient (Wildman–Crippen LogP) is 3.88. The first-order valence-electron chi connectivity index (χ1n) is 10.1. The fourth-order valence-corrected chi connectivity index (χ4v) is 4.06. The minimum Gasteiger partial charge on any atom is -0.490 e. The van der Waals surface area contributed by atoms with Crippen molar-refractivity contribution in [1.82, 2.24) is 4.90 Å². The van der Waals surface area contributed by atoms with E-state index in [1.807, 2.05) is 13.0 Å². The number of ether oxygens (including phenoxy) is 2. The minimum atomic E-state index is -0.288. The van der Waals surface area contributed by atoms with Crippen molar-refractivity contribution < 1.29 is 14.3 Å². The topological polar surface area (TPSA) is 74.6 Å². The number of amides is 1. The monoisotopic (exact) mass is 391 g/mol. The van der Waals surface area contributed by atoms with E-state index in [1.165, 1.54) is 0 Å². The number of carbonyl (C=O) groups is 1. The molecule has 2 aromatic carbocycles. The lowest BCUT2D eigenvalue weighted by atomic mass is 10.0. The molecule has 0 bridgehead atoms. The van der Waals surface area contributed by atoms with Crippen LogP contribution in [0.4, 0.5) is 5.69 Å². The average molecular weight is 391 g/mol. The Balaban J connectivity index is 1.49. The van der Waals surface area contributed by atoms with Crippen LogP contribution in [0.5, 0.6) is 11.5 Å². The average Bonchev–Trinajstić information content (AvgIpc) is 3.11. The standard InChI is InChI=1S/C23H25N3O3/c1-16(23(27)25-19-6-2-5-17(13-19)15-24)26-10-3-7-20(26)18-8-9-21-22(14-18)29-12-4-11-28-21/h2,5-6,8-9,13-14,16,20H,3-4,7,10-12H2,1H3,(H,25,27)/t16-,20-/m1/s1. The van der Waals surface area contributed by atoms with Crippen LogP contribution < -0.4 is 14.8 Å². The fourth-order valence-electron chi connectivity index (χ4n) is 4.06. The molecule has 2 aliphatic rings. The third kappa shape index (κ3) is 4.20. The number of carbonyl (C=O) groups excluding carboxylic acids is 1. The first kappa shape index (κ1) is 19.3. The maximum atomic E-state index is 12.9. The van der Waals surface area contributed by atoms with Crippen LogP contribution in [0.1, 0.15) is 43.4 Å². The van der Waals surface area contributed by atoms with E-state index in [1.54, 1.807) is 24.3 Å². The summed E-state index contributed by atoms with van der Waals surface area (Å²) in [5.41, 5.74) is 2.33. The number of hydrogen-bond donors (Lipinski definition) is 1. The summed E-state index contributed by atoms with van der Waals surface area (Å²) in [6.07, 6.45) is 2.92. The molecule has 1 N–H and O–H groups in total. The maximum Gasteiger partial charge on any atom is 0.241 e. The molecule has 29 heavy (non-hydrogen) atoms. The van der Waals surface area contributed by atoms with Gasteiger partial charge in [-0.2, -0.15) is 5.26 Å². The smallest absolute Gasteiger partial charge is 0.241 e. The van der Waals surface area contributed by atoms with Crippen LogP contribution in [0.3, 0.4) is 0 Å². The van der Waals surface area contributed by atoms with E-state index in [0.717, 1.165) is 42.9 Å². The Morgan fingerprint density at radius 1 is 1.17 bits per heavy atom. The fraction of sp³-hybridized carbons (Fsp3) is 0.391. The van der Waals surface area contributed by atoms with Gasteiger partial charge in [0.15, 0.2) is 11.5 Å².